The Kier molecular flexibility index (Phi) is 7.38. The van der Waals surface area contributed by atoms with Crippen LogP contribution in [0.1, 0.15) is 42.0 Å². The third-order valence-electron chi connectivity index (χ3n) is 5.97. The number of phenols is 1. The fourth-order valence-corrected chi connectivity index (χ4v) is 3.84. The van der Waals surface area contributed by atoms with Gasteiger partial charge in [0.15, 0.2) is 0 Å². The molecule has 0 aliphatic carbocycles. The molecule has 0 aliphatic heterocycles. The molecule has 172 valence electrons. The fraction of sp³-hybridized carbons (Fsp3) is 0.259. The lowest BCUT2D eigenvalue weighted by Gasteiger charge is -2.31. The van der Waals surface area contributed by atoms with E-state index in [-0.39, 0.29) is 24.0 Å². The molecular formula is C27H31N3O3. The molecule has 0 aromatic heterocycles. The molecule has 6 heteroatoms. The highest BCUT2D eigenvalue weighted by molar-refractivity contribution is 5.93. The molecule has 2 amide bonds. The first kappa shape index (κ1) is 23.9. The van der Waals surface area contributed by atoms with Crippen LogP contribution in [0.2, 0.25) is 0 Å². The monoisotopic (exact) mass is 445 g/mol. The quantitative estimate of drug-likeness (QED) is 0.396. The second kappa shape index (κ2) is 10.2. The van der Waals surface area contributed by atoms with Crippen molar-refractivity contribution in [3.8, 4) is 5.75 Å². The number of benzene rings is 3. The largest absolute Gasteiger partial charge is 0.508 e. The number of rotatable bonds is 8. The Labute approximate surface area is 194 Å². The molecule has 6 nitrogen and oxygen atoms in total. The summed E-state index contributed by atoms with van der Waals surface area (Å²) in [6.07, 6.45) is 0.266. The summed E-state index contributed by atoms with van der Waals surface area (Å²) in [5.74, 6) is -0.900. The number of nitrogen functional groups attached to an aromatic ring is 1. The standard InChI is InChI=1S/C27H31N3O3/c1-18-23(10-7-11-24(18)28)19(2)25(32)30-27(3,16-20-12-14-22(31)15-13-20)26(33)29-17-21-8-5-4-6-9-21/h4-15,19,31H,16-17,28H2,1-3H3,(H,29,33)(H,30,32). The van der Waals surface area contributed by atoms with Crippen molar-refractivity contribution in [3.63, 3.8) is 0 Å². The molecule has 0 aliphatic rings. The summed E-state index contributed by atoms with van der Waals surface area (Å²) < 4.78 is 0. The number of hydrogen-bond acceptors (Lipinski definition) is 4. The number of nitrogens with one attached hydrogen (secondary N) is 2. The Morgan fingerprint density at radius 2 is 1.64 bits per heavy atom. The maximum atomic E-state index is 13.3. The lowest BCUT2D eigenvalue weighted by molar-refractivity contribution is -0.133. The Bertz CT molecular complexity index is 1110. The van der Waals surface area contributed by atoms with E-state index in [0.717, 1.165) is 22.3 Å². The summed E-state index contributed by atoms with van der Waals surface area (Å²) >= 11 is 0. The van der Waals surface area contributed by atoms with E-state index in [4.69, 9.17) is 5.73 Å². The van der Waals surface area contributed by atoms with Crippen LogP contribution in [0.3, 0.4) is 0 Å². The van der Waals surface area contributed by atoms with E-state index in [2.05, 4.69) is 10.6 Å². The van der Waals surface area contributed by atoms with Crippen LogP contribution in [0.25, 0.3) is 0 Å². The summed E-state index contributed by atoms with van der Waals surface area (Å²) in [5.41, 5.74) is 8.91. The van der Waals surface area contributed by atoms with E-state index in [1.54, 1.807) is 44.2 Å². The van der Waals surface area contributed by atoms with E-state index < -0.39 is 11.5 Å². The molecule has 0 saturated heterocycles. The molecular weight excluding hydrogens is 414 g/mol. The third-order valence-corrected chi connectivity index (χ3v) is 5.97. The van der Waals surface area contributed by atoms with Gasteiger partial charge in [-0.05, 0) is 61.2 Å². The number of carbonyl (C=O) groups excluding carboxylic acids is 2. The molecule has 2 unspecified atom stereocenters. The van der Waals surface area contributed by atoms with Crippen LogP contribution in [0, 0.1) is 6.92 Å². The highest BCUT2D eigenvalue weighted by atomic mass is 16.3. The molecule has 0 fully saturated rings. The highest BCUT2D eigenvalue weighted by Gasteiger charge is 2.36. The van der Waals surface area contributed by atoms with Crippen molar-refractivity contribution in [3.05, 3.63) is 95.1 Å². The number of amides is 2. The van der Waals surface area contributed by atoms with E-state index in [1.807, 2.05) is 49.4 Å². The molecule has 5 N–H and O–H groups in total. The van der Waals surface area contributed by atoms with Crippen molar-refractivity contribution in [2.75, 3.05) is 5.73 Å². The van der Waals surface area contributed by atoms with Gasteiger partial charge in [-0.25, -0.2) is 0 Å². The number of phenolic OH excluding ortho intramolecular Hbond substituents is 1. The fourth-order valence-electron chi connectivity index (χ4n) is 3.84. The molecule has 0 radical (unpaired) electrons. The number of hydrogen-bond donors (Lipinski definition) is 4. The van der Waals surface area contributed by atoms with Crippen LogP contribution in [0.15, 0.2) is 72.8 Å². The highest BCUT2D eigenvalue weighted by Crippen LogP contribution is 2.25. The topological polar surface area (TPSA) is 104 Å². The third kappa shape index (κ3) is 5.92. The Hall–Kier alpha value is -3.80. The summed E-state index contributed by atoms with van der Waals surface area (Å²) in [6, 6.07) is 21.7. The van der Waals surface area contributed by atoms with Crippen molar-refractivity contribution < 1.29 is 14.7 Å². The van der Waals surface area contributed by atoms with Gasteiger partial charge >= 0.3 is 0 Å². The number of anilines is 1. The zero-order valence-corrected chi connectivity index (χ0v) is 19.3. The van der Waals surface area contributed by atoms with Gasteiger partial charge in [0, 0.05) is 18.7 Å². The molecule has 0 saturated carbocycles. The first-order valence-corrected chi connectivity index (χ1v) is 11.0. The summed E-state index contributed by atoms with van der Waals surface area (Å²) in [5, 5.41) is 15.5. The lowest BCUT2D eigenvalue weighted by atomic mass is 9.89. The lowest BCUT2D eigenvalue weighted by Crippen LogP contribution is -2.58. The predicted molar refractivity (Wildman–Crippen MR) is 131 cm³/mol. The number of aromatic hydroxyl groups is 1. The van der Waals surface area contributed by atoms with Crippen molar-refractivity contribution >= 4 is 17.5 Å². The SMILES string of the molecule is Cc1c(N)cccc1C(C)C(=O)NC(C)(Cc1ccc(O)cc1)C(=O)NCc1ccccc1. The first-order valence-electron chi connectivity index (χ1n) is 11.0. The Balaban J connectivity index is 1.83. The van der Waals surface area contributed by atoms with Gasteiger partial charge in [0.1, 0.15) is 11.3 Å². The van der Waals surface area contributed by atoms with Gasteiger partial charge < -0.3 is 21.5 Å². The number of nitrogens with two attached hydrogens (primary N) is 1. The van der Waals surface area contributed by atoms with E-state index in [9.17, 15) is 14.7 Å². The first-order chi connectivity index (χ1) is 15.7. The Morgan fingerprint density at radius 3 is 2.30 bits per heavy atom. The van der Waals surface area contributed by atoms with Gasteiger partial charge in [0.25, 0.3) is 0 Å². The van der Waals surface area contributed by atoms with E-state index in [0.29, 0.717) is 12.2 Å². The minimum Gasteiger partial charge on any atom is -0.508 e. The van der Waals surface area contributed by atoms with Gasteiger partial charge in [-0.15, -0.1) is 0 Å². The second-order valence-corrected chi connectivity index (χ2v) is 8.62. The maximum absolute atomic E-state index is 13.3. The van der Waals surface area contributed by atoms with Crippen molar-refractivity contribution in [2.45, 2.75) is 45.2 Å². The molecule has 3 aromatic rings. The predicted octanol–water partition coefficient (Wildman–Crippen LogP) is 3.82. The average molecular weight is 446 g/mol. The van der Waals surface area contributed by atoms with Gasteiger partial charge in [0.2, 0.25) is 11.8 Å². The van der Waals surface area contributed by atoms with Crippen LogP contribution < -0.4 is 16.4 Å². The molecule has 3 aromatic carbocycles. The molecule has 3 rings (SSSR count). The summed E-state index contributed by atoms with van der Waals surface area (Å²) in [6.45, 7) is 5.76. The molecule has 2 atom stereocenters. The van der Waals surface area contributed by atoms with Gasteiger partial charge in [-0.3, -0.25) is 9.59 Å². The van der Waals surface area contributed by atoms with Crippen molar-refractivity contribution in [2.24, 2.45) is 0 Å². The number of carbonyl (C=O) groups is 2. The van der Waals surface area contributed by atoms with E-state index in [1.165, 1.54) is 0 Å². The van der Waals surface area contributed by atoms with Crippen LogP contribution in [-0.4, -0.2) is 22.5 Å². The van der Waals surface area contributed by atoms with E-state index >= 15 is 0 Å². The minimum absolute atomic E-state index is 0.142. The minimum atomic E-state index is -1.20. The zero-order valence-electron chi connectivity index (χ0n) is 19.3. The van der Waals surface area contributed by atoms with Crippen LogP contribution in [-0.2, 0) is 22.6 Å². The van der Waals surface area contributed by atoms with Crippen LogP contribution in [0.5, 0.6) is 5.75 Å². The second-order valence-electron chi connectivity index (χ2n) is 8.62. The van der Waals surface area contributed by atoms with Crippen molar-refractivity contribution in [1.29, 1.82) is 0 Å². The molecule has 33 heavy (non-hydrogen) atoms. The normalized spacial score (nSPS) is 13.5. The van der Waals surface area contributed by atoms with Crippen LogP contribution in [0.4, 0.5) is 5.69 Å². The van der Waals surface area contributed by atoms with Crippen LogP contribution >= 0.6 is 0 Å². The van der Waals surface area contributed by atoms with Gasteiger partial charge in [0.05, 0.1) is 5.92 Å². The molecule has 0 bridgehead atoms. The zero-order chi connectivity index (χ0) is 24.0. The summed E-state index contributed by atoms with van der Waals surface area (Å²) in [7, 11) is 0. The smallest absolute Gasteiger partial charge is 0.246 e. The van der Waals surface area contributed by atoms with Gasteiger partial charge in [-0.1, -0.05) is 54.6 Å². The Morgan fingerprint density at radius 1 is 0.970 bits per heavy atom. The molecule has 0 spiro atoms. The van der Waals surface area contributed by atoms with Crippen molar-refractivity contribution in [1.82, 2.24) is 10.6 Å². The summed E-state index contributed by atoms with van der Waals surface area (Å²) in [4.78, 5) is 26.6. The molecule has 0 heterocycles. The maximum Gasteiger partial charge on any atom is 0.246 e. The average Bonchev–Trinajstić information content (AvgIpc) is 2.81. The van der Waals surface area contributed by atoms with Gasteiger partial charge in [-0.2, -0.15) is 0 Å².